The van der Waals surface area contributed by atoms with Gasteiger partial charge in [-0.3, -0.25) is 9.59 Å². The van der Waals surface area contributed by atoms with Crippen LogP contribution in [0, 0.1) is 6.92 Å². The number of amides is 1. The number of nitrogens with zero attached hydrogens (tertiary/aromatic N) is 2. The van der Waals surface area contributed by atoms with Crippen LogP contribution in [0.3, 0.4) is 0 Å². The Morgan fingerprint density at radius 2 is 1.81 bits per heavy atom. The first-order valence-corrected chi connectivity index (χ1v) is 10.5. The molecule has 4 aromatic rings. The molecule has 1 heterocycles. The summed E-state index contributed by atoms with van der Waals surface area (Å²) < 4.78 is 7.87. The summed E-state index contributed by atoms with van der Waals surface area (Å²) in [6, 6.07) is 20.0. The summed E-state index contributed by atoms with van der Waals surface area (Å²) >= 11 is 3.38. The molecule has 31 heavy (non-hydrogen) atoms. The molecule has 1 N–H and O–H groups in total. The molecule has 4 rings (SSSR count). The van der Waals surface area contributed by atoms with Crippen LogP contribution in [0.1, 0.15) is 21.7 Å². The Morgan fingerprint density at radius 3 is 2.55 bits per heavy atom. The Labute approximate surface area is 188 Å². The Bertz CT molecular complexity index is 1280. The maximum atomic E-state index is 13.2. The predicted molar refractivity (Wildman–Crippen MR) is 124 cm³/mol. The molecular formula is C24H20BrN3O3. The van der Waals surface area contributed by atoms with E-state index in [2.05, 4.69) is 26.2 Å². The van der Waals surface area contributed by atoms with Gasteiger partial charge in [0.25, 0.3) is 0 Å². The van der Waals surface area contributed by atoms with Gasteiger partial charge in [0.2, 0.25) is 11.7 Å². The second-order valence-corrected chi connectivity index (χ2v) is 8.01. The van der Waals surface area contributed by atoms with Crippen molar-refractivity contribution in [1.82, 2.24) is 9.55 Å². The van der Waals surface area contributed by atoms with Crippen LogP contribution in [0.4, 0.5) is 5.69 Å². The van der Waals surface area contributed by atoms with Gasteiger partial charge in [-0.25, -0.2) is 4.98 Å². The second-order valence-electron chi connectivity index (χ2n) is 7.10. The first-order valence-electron chi connectivity index (χ1n) is 9.66. The number of aryl methyl sites for hydroxylation is 1. The number of imidazole rings is 1. The molecule has 1 amide bonds. The molecule has 0 spiro atoms. The molecular weight excluding hydrogens is 458 g/mol. The number of benzene rings is 3. The normalized spacial score (nSPS) is 10.8. The summed E-state index contributed by atoms with van der Waals surface area (Å²) in [4.78, 5) is 30.6. The third-order valence-corrected chi connectivity index (χ3v) is 5.42. The van der Waals surface area contributed by atoms with Gasteiger partial charge in [0.15, 0.2) is 5.82 Å². The molecule has 0 bridgehead atoms. The lowest BCUT2D eigenvalue weighted by Crippen LogP contribution is -2.22. The van der Waals surface area contributed by atoms with Crippen LogP contribution in [0.15, 0.2) is 71.2 Å². The van der Waals surface area contributed by atoms with E-state index in [1.807, 2.05) is 43.3 Å². The lowest BCUT2D eigenvalue weighted by molar-refractivity contribution is -0.116. The number of halogens is 1. The molecule has 0 aliphatic heterocycles. The van der Waals surface area contributed by atoms with Crippen LogP contribution in [0.25, 0.3) is 11.0 Å². The van der Waals surface area contributed by atoms with Crippen molar-refractivity contribution in [2.75, 3.05) is 12.4 Å². The summed E-state index contributed by atoms with van der Waals surface area (Å²) in [6.45, 7) is 1.88. The topological polar surface area (TPSA) is 73.2 Å². The van der Waals surface area contributed by atoms with E-state index in [0.717, 1.165) is 10.0 Å². The Hall–Kier alpha value is -3.45. The zero-order valence-corrected chi connectivity index (χ0v) is 18.6. The Morgan fingerprint density at radius 1 is 1.06 bits per heavy atom. The van der Waals surface area contributed by atoms with Crippen LogP contribution in [0.2, 0.25) is 0 Å². The van der Waals surface area contributed by atoms with Gasteiger partial charge in [0, 0.05) is 10.0 Å². The highest BCUT2D eigenvalue weighted by atomic mass is 79.9. The number of rotatable bonds is 6. The summed E-state index contributed by atoms with van der Waals surface area (Å²) in [5.74, 6) is 0.261. The predicted octanol–water partition coefficient (Wildman–Crippen LogP) is 4.99. The average Bonchev–Trinajstić information content (AvgIpc) is 3.12. The van der Waals surface area contributed by atoms with Crippen LogP contribution in [-0.4, -0.2) is 28.4 Å². The van der Waals surface area contributed by atoms with Crippen molar-refractivity contribution in [3.8, 4) is 5.75 Å². The van der Waals surface area contributed by atoms with E-state index in [9.17, 15) is 9.59 Å². The second kappa shape index (κ2) is 8.73. The van der Waals surface area contributed by atoms with E-state index in [-0.39, 0.29) is 24.1 Å². The molecule has 6 nitrogen and oxygen atoms in total. The van der Waals surface area contributed by atoms with E-state index < -0.39 is 0 Å². The molecule has 0 saturated heterocycles. The van der Waals surface area contributed by atoms with E-state index in [1.165, 1.54) is 0 Å². The SMILES string of the molecule is COc1ccc(C)cc1NC(=O)Cn1c(C(=O)c2ccc(Br)cc2)nc2ccccc21. The number of anilines is 1. The minimum Gasteiger partial charge on any atom is -0.495 e. The molecule has 156 valence electrons. The van der Waals surface area contributed by atoms with Gasteiger partial charge in [-0.05, 0) is 61.0 Å². The first kappa shape index (κ1) is 20.8. The summed E-state index contributed by atoms with van der Waals surface area (Å²) in [7, 11) is 1.55. The number of hydrogen-bond donors (Lipinski definition) is 1. The quantitative estimate of drug-likeness (QED) is 0.397. The van der Waals surface area contributed by atoms with Gasteiger partial charge in [-0.2, -0.15) is 0 Å². The molecule has 0 atom stereocenters. The molecule has 0 aliphatic carbocycles. The average molecular weight is 478 g/mol. The van der Waals surface area contributed by atoms with Gasteiger partial charge in [-0.15, -0.1) is 0 Å². The van der Waals surface area contributed by atoms with Crippen molar-refractivity contribution in [3.63, 3.8) is 0 Å². The third kappa shape index (κ3) is 4.36. The monoisotopic (exact) mass is 477 g/mol. The number of aromatic nitrogens is 2. The van der Waals surface area contributed by atoms with Gasteiger partial charge >= 0.3 is 0 Å². The zero-order chi connectivity index (χ0) is 22.0. The van der Waals surface area contributed by atoms with Crippen LogP contribution < -0.4 is 10.1 Å². The molecule has 1 aromatic heterocycles. The van der Waals surface area contributed by atoms with Gasteiger partial charge in [0.1, 0.15) is 12.3 Å². The number of nitrogens with one attached hydrogen (secondary N) is 1. The molecule has 0 fully saturated rings. The number of hydrogen-bond acceptors (Lipinski definition) is 4. The summed E-state index contributed by atoms with van der Waals surface area (Å²) in [6.07, 6.45) is 0. The smallest absolute Gasteiger partial charge is 0.244 e. The molecule has 3 aromatic carbocycles. The third-order valence-electron chi connectivity index (χ3n) is 4.89. The number of fused-ring (bicyclic) bond motifs is 1. The van der Waals surface area contributed by atoms with Crippen molar-refractivity contribution < 1.29 is 14.3 Å². The molecule has 0 saturated carbocycles. The lowest BCUT2D eigenvalue weighted by Gasteiger charge is -2.13. The largest absolute Gasteiger partial charge is 0.495 e. The molecule has 0 unspecified atom stereocenters. The lowest BCUT2D eigenvalue weighted by atomic mass is 10.1. The minimum atomic E-state index is -0.281. The first-order chi connectivity index (χ1) is 15.0. The summed E-state index contributed by atoms with van der Waals surface area (Å²) in [5.41, 5.74) is 3.45. The number of carbonyl (C=O) groups excluding carboxylic acids is 2. The number of ether oxygens (including phenoxy) is 1. The highest BCUT2D eigenvalue weighted by molar-refractivity contribution is 9.10. The maximum Gasteiger partial charge on any atom is 0.244 e. The van der Waals surface area contributed by atoms with Gasteiger partial charge < -0.3 is 14.6 Å². The van der Waals surface area contributed by atoms with Crippen LogP contribution in [0.5, 0.6) is 5.75 Å². The Balaban J connectivity index is 1.69. The maximum absolute atomic E-state index is 13.2. The fraction of sp³-hybridized carbons (Fsp3) is 0.125. The zero-order valence-electron chi connectivity index (χ0n) is 17.1. The minimum absolute atomic E-state index is 0.0603. The van der Waals surface area contributed by atoms with Crippen molar-refractivity contribution >= 4 is 44.3 Å². The van der Waals surface area contributed by atoms with Crippen molar-refractivity contribution in [1.29, 1.82) is 0 Å². The van der Waals surface area contributed by atoms with E-state index in [0.29, 0.717) is 28.0 Å². The fourth-order valence-electron chi connectivity index (χ4n) is 3.39. The van der Waals surface area contributed by atoms with Gasteiger partial charge in [-0.1, -0.05) is 34.1 Å². The summed E-state index contributed by atoms with van der Waals surface area (Å²) in [5, 5.41) is 2.89. The Kier molecular flexibility index (Phi) is 5.86. The fourth-order valence-corrected chi connectivity index (χ4v) is 3.66. The van der Waals surface area contributed by atoms with E-state index >= 15 is 0 Å². The highest BCUT2D eigenvalue weighted by Crippen LogP contribution is 2.26. The van der Waals surface area contributed by atoms with Crippen molar-refractivity contribution in [2.24, 2.45) is 0 Å². The molecule has 0 radical (unpaired) electrons. The number of carbonyl (C=O) groups is 2. The highest BCUT2D eigenvalue weighted by Gasteiger charge is 2.21. The van der Waals surface area contributed by atoms with Crippen molar-refractivity contribution in [2.45, 2.75) is 13.5 Å². The molecule has 7 heteroatoms. The van der Waals surface area contributed by atoms with Gasteiger partial charge in [0.05, 0.1) is 23.8 Å². The molecule has 0 aliphatic rings. The standard InChI is InChI=1S/C24H20BrN3O3/c1-15-7-12-21(31-2)19(13-15)26-22(29)14-28-20-6-4-3-5-18(20)27-24(28)23(30)16-8-10-17(25)11-9-16/h3-13H,14H2,1-2H3,(H,26,29). The van der Waals surface area contributed by atoms with Crippen molar-refractivity contribution in [3.05, 3.63) is 88.2 Å². The van der Waals surface area contributed by atoms with Crippen LogP contribution >= 0.6 is 15.9 Å². The van der Waals surface area contributed by atoms with Crippen LogP contribution in [-0.2, 0) is 11.3 Å². The number of ketones is 1. The number of para-hydroxylation sites is 2. The van der Waals surface area contributed by atoms with E-state index in [1.54, 1.807) is 42.0 Å². The van der Waals surface area contributed by atoms with E-state index in [4.69, 9.17) is 4.74 Å². The number of methoxy groups -OCH3 is 1.